The molecule has 0 saturated carbocycles. The van der Waals surface area contributed by atoms with E-state index in [9.17, 15) is 4.79 Å². The molecule has 5 nitrogen and oxygen atoms in total. The molecule has 0 aromatic heterocycles. The van der Waals surface area contributed by atoms with E-state index in [4.69, 9.17) is 5.26 Å². The smallest absolute Gasteiger partial charge is 0.240 e. The minimum Gasteiger partial charge on any atom is -0.339 e. The Morgan fingerprint density at radius 2 is 2.05 bits per heavy atom. The van der Waals surface area contributed by atoms with Crippen molar-refractivity contribution in [1.29, 1.82) is 5.26 Å². The fraction of sp³-hybridized carbons (Fsp3) is 0.867. The molecule has 0 aromatic carbocycles. The van der Waals surface area contributed by atoms with Gasteiger partial charge in [-0.2, -0.15) is 5.26 Å². The molecular formula is C15H26N4O. The van der Waals surface area contributed by atoms with E-state index in [1.54, 1.807) is 0 Å². The molecule has 1 amide bonds. The maximum absolute atomic E-state index is 12.7. The molecule has 2 saturated heterocycles. The first-order chi connectivity index (χ1) is 9.54. The summed E-state index contributed by atoms with van der Waals surface area (Å²) in [6.07, 6.45) is 2.84. The minimum absolute atomic E-state index is 0.0399. The van der Waals surface area contributed by atoms with Crippen molar-refractivity contribution >= 4 is 5.91 Å². The van der Waals surface area contributed by atoms with Crippen molar-refractivity contribution in [1.82, 2.24) is 15.1 Å². The van der Waals surface area contributed by atoms with Gasteiger partial charge in [-0.1, -0.05) is 13.8 Å². The number of hydrogen-bond acceptors (Lipinski definition) is 4. The van der Waals surface area contributed by atoms with Crippen molar-refractivity contribution in [2.24, 2.45) is 5.41 Å². The number of nitrogens with zero attached hydrogens (tertiary/aromatic N) is 3. The zero-order valence-electron chi connectivity index (χ0n) is 12.7. The monoisotopic (exact) mass is 278 g/mol. The highest BCUT2D eigenvalue weighted by Crippen LogP contribution is 2.31. The first-order valence-electron chi connectivity index (χ1n) is 7.66. The molecule has 0 radical (unpaired) electrons. The fourth-order valence-corrected chi connectivity index (χ4v) is 3.22. The van der Waals surface area contributed by atoms with E-state index < -0.39 is 0 Å². The molecule has 1 atom stereocenters. The lowest BCUT2D eigenvalue weighted by Gasteiger charge is -2.43. The number of rotatable bonds is 3. The third-order valence-electron chi connectivity index (χ3n) is 4.60. The first-order valence-corrected chi connectivity index (χ1v) is 7.66. The Kier molecular flexibility index (Phi) is 5.00. The summed E-state index contributed by atoms with van der Waals surface area (Å²) in [6, 6.07) is 2.14. The van der Waals surface area contributed by atoms with Crippen LogP contribution in [-0.2, 0) is 4.79 Å². The predicted molar refractivity (Wildman–Crippen MR) is 78.1 cm³/mol. The van der Waals surface area contributed by atoms with Gasteiger partial charge in [0.25, 0.3) is 0 Å². The predicted octanol–water partition coefficient (Wildman–Crippen LogP) is 0.822. The van der Waals surface area contributed by atoms with Crippen molar-refractivity contribution < 1.29 is 4.79 Å². The van der Waals surface area contributed by atoms with Crippen molar-refractivity contribution in [2.45, 2.75) is 39.2 Å². The molecule has 20 heavy (non-hydrogen) atoms. The van der Waals surface area contributed by atoms with E-state index in [0.717, 1.165) is 52.1 Å². The Balaban J connectivity index is 1.87. The molecular weight excluding hydrogens is 252 g/mol. The summed E-state index contributed by atoms with van der Waals surface area (Å²) in [5.41, 5.74) is 0.0489. The number of piperazine rings is 1. The Morgan fingerprint density at radius 3 is 2.65 bits per heavy atom. The van der Waals surface area contributed by atoms with Crippen LogP contribution in [0.5, 0.6) is 0 Å². The van der Waals surface area contributed by atoms with Gasteiger partial charge in [0.15, 0.2) is 0 Å². The number of carbonyl (C=O) groups is 1. The second-order valence-corrected chi connectivity index (χ2v) is 6.55. The summed E-state index contributed by atoms with van der Waals surface area (Å²) in [6.45, 7) is 9.50. The Labute approximate surface area is 121 Å². The summed E-state index contributed by atoms with van der Waals surface area (Å²) < 4.78 is 0. The van der Waals surface area contributed by atoms with Gasteiger partial charge in [-0.05, 0) is 24.8 Å². The van der Waals surface area contributed by atoms with E-state index in [2.05, 4.69) is 30.1 Å². The summed E-state index contributed by atoms with van der Waals surface area (Å²) in [5, 5.41) is 12.0. The van der Waals surface area contributed by atoms with E-state index in [1.165, 1.54) is 0 Å². The van der Waals surface area contributed by atoms with Crippen LogP contribution >= 0.6 is 0 Å². The fourth-order valence-electron chi connectivity index (χ4n) is 3.22. The summed E-state index contributed by atoms with van der Waals surface area (Å²) in [5.74, 6) is 0.259. The largest absolute Gasteiger partial charge is 0.339 e. The molecule has 2 aliphatic heterocycles. The van der Waals surface area contributed by atoms with Gasteiger partial charge in [0, 0.05) is 39.1 Å². The van der Waals surface area contributed by atoms with Crippen molar-refractivity contribution in [3.8, 4) is 6.07 Å². The van der Waals surface area contributed by atoms with Gasteiger partial charge < -0.3 is 10.2 Å². The van der Waals surface area contributed by atoms with Crippen LogP contribution in [0.25, 0.3) is 0 Å². The molecule has 0 aliphatic carbocycles. The molecule has 1 N–H and O–H groups in total. The average molecular weight is 278 g/mol. The second-order valence-electron chi connectivity index (χ2n) is 6.55. The van der Waals surface area contributed by atoms with Crippen LogP contribution in [0.4, 0.5) is 0 Å². The summed E-state index contributed by atoms with van der Waals surface area (Å²) in [7, 11) is 0. The quantitative estimate of drug-likeness (QED) is 0.830. The van der Waals surface area contributed by atoms with Crippen LogP contribution in [0.15, 0.2) is 0 Å². The Hall–Kier alpha value is -1.12. The summed E-state index contributed by atoms with van der Waals surface area (Å²) in [4.78, 5) is 16.9. The van der Waals surface area contributed by atoms with Crippen LogP contribution < -0.4 is 5.32 Å². The normalized spacial score (nSPS) is 27.1. The van der Waals surface area contributed by atoms with Gasteiger partial charge in [-0.25, -0.2) is 0 Å². The average Bonchev–Trinajstić information content (AvgIpc) is 2.44. The molecule has 2 heterocycles. The maximum Gasteiger partial charge on any atom is 0.240 e. The van der Waals surface area contributed by atoms with Crippen LogP contribution in [0, 0.1) is 16.7 Å². The number of amides is 1. The highest BCUT2D eigenvalue weighted by molar-refractivity contribution is 5.83. The molecule has 2 aliphatic rings. The van der Waals surface area contributed by atoms with Crippen LogP contribution in [0.2, 0.25) is 0 Å². The van der Waals surface area contributed by atoms with Crippen molar-refractivity contribution in [3.05, 3.63) is 0 Å². The summed E-state index contributed by atoms with van der Waals surface area (Å²) >= 11 is 0. The number of carbonyl (C=O) groups excluding carboxylic acids is 1. The van der Waals surface area contributed by atoms with Crippen LogP contribution in [-0.4, -0.2) is 61.0 Å². The maximum atomic E-state index is 12.7. The van der Waals surface area contributed by atoms with E-state index in [0.29, 0.717) is 6.42 Å². The van der Waals surface area contributed by atoms with Gasteiger partial charge in [0.1, 0.15) is 0 Å². The van der Waals surface area contributed by atoms with Crippen molar-refractivity contribution in [2.75, 3.05) is 39.3 Å². The highest BCUT2D eigenvalue weighted by atomic mass is 16.2. The third-order valence-corrected chi connectivity index (χ3v) is 4.60. The molecule has 0 spiro atoms. The number of nitriles is 1. The number of hydrogen-bond donors (Lipinski definition) is 1. The van der Waals surface area contributed by atoms with Gasteiger partial charge in [-0.3, -0.25) is 9.69 Å². The molecule has 0 bridgehead atoms. The number of nitrogens with one attached hydrogen (secondary N) is 1. The van der Waals surface area contributed by atoms with E-state index in [-0.39, 0.29) is 17.4 Å². The lowest BCUT2D eigenvalue weighted by molar-refractivity contribution is -0.139. The molecule has 5 heteroatoms. The lowest BCUT2D eigenvalue weighted by Crippen LogP contribution is -2.59. The number of piperidine rings is 1. The highest BCUT2D eigenvalue weighted by Gasteiger charge is 2.39. The molecule has 2 rings (SSSR count). The van der Waals surface area contributed by atoms with E-state index in [1.807, 2.05) is 4.90 Å². The molecule has 2 fully saturated rings. The zero-order chi connectivity index (χ0) is 14.6. The minimum atomic E-state index is -0.0399. The Bertz CT molecular complexity index is 380. The molecule has 0 aromatic rings. The zero-order valence-corrected chi connectivity index (χ0v) is 12.7. The Morgan fingerprint density at radius 1 is 1.35 bits per heavy atom. The standard InChI is InChI=1S/C15H26N4O/c1-15(2)5-3-7-17-13(15)14(20)19-11-9-18(10-12-19)8-4-6-16/h13,17H,3-5,7-12H2,1-2H3. The van der Waals surface area contributed by atoms with Gasteiger partial charge in [0.2, 0.25) is 5.91 Å². The molecule has 112 valence electrons. The second kappa shape index (κ2) is 6.55. The first kappa shape index (κ1) is 15.3. The van der Waals surface area contributed by atoms with Gasteiger partial charge in [-0.15, -0.1) is 0 Å². The van der Waals surface area contributed by atoms with E-state index >= 15 is 0 Å². The topological polar surface area (TPSA) is 59.4 Å². The lowest BCUT2D eigenvalue weighted by atomic mass is 9.77. The van der Waals surface area contributed by atoms with Crippen LogP contribution in [0.1, 0.15) is 33.1 Å². The van der Waals surface area contributed by atoms with Crippen LogP contribution in [0.3, 0.4) is 0 Å². The third kappa shape index (κ3) is 3.50. The SMILES string of the molecule is CC1(C)CCCNC1C(=O)N1CCN(CCC#N)CC1. The van der Waals surface area contributed by atoms with Gasteiger partial charge >= 0.3 is 0 Å². The van der Waals surface area contributed by atoms with Gasteiger partial charge in [0.05, 0.1) is 12.1 Å². The van der Waals surface area contributed by atoms with Crippen molar-refractivity contribution in [3.63, 3.8) is 0 Å². The molecule has 1 unspecified atom stereocenters.